The maximum atomic E-state index is 12.2. The van der Waals surface area contributed by atoms with Crippen LogP contribution in [0.2, 0.25) is 0 Å². The van der Waals surface area contributed by atoms with E-state index in [2.05, 4.69) is 24.1 Å². The molecule has 0 radical (unpaired) electrons. The Morgan fingerprint density at radius 1 is 1.28 bits per heavy atom. The van der Waals surface area contributed by atoms with Crippen molar-refractivity contribution in [2.24, 2.45) is 5.41 Å². The van der Waals surface area contributed by atoms with Crippen LogP contribution >= 0.6 is 0 Å². The predicted octanol–water partition coefficient (Wildman–Crippen LogP) is 2.56. The third-order valence-corrected chi connectivity index (χ3v) is 5.26. The van der Waals surface area contributed by atoms with Crippen molar-refractivity contribution in [2.75, 3.05) is 19.6 Å². The van der Waals surface area contributed by atoms with E-state index in [9.17, 15) is 4.79 Å². The highest BCUT2D eigenvalue weighted by Gasteiger charge is 2.33. The Balaban J connectivity index is 1.79. The van der Waals surface area contributed by atoms with Crippen LogP contribution < -0.4 is 5.32 Å². The molecule has 3 nitrogen and oxygen atoms in total. The molecule has 0 spiro atoms. The maximum Gasteiger partial charge on any atom is 0.224 e. The highest BCUT2D eigenvalue weighted by Crippen LogP contribution is 2.38. The van der Waals surface area contributed by atoms with Crippen molar-refractivity contribution in [1.82, 2.24) is 10.2 Å². The monoisotopic (exact) mass is 252 g/mol. The van der Waals surface area contributed by atoms with Crippen molar-refractivity contribution < 1.29 is 4.79 Å². The number of amides is 1. The molecule has 2 saturated heterocycles. The number of hydrogen-bond acceptors (Lipinski definition) is 2. The molecule has 1 unspecified atom stereocenters. The van der Waals surface area contributed by atoms with Crippen LogP contribution in [0.3, 0.4) is 0 Å². The molecule has 0 aromatic carbocycles. The van der Waals surface area contributed by atoms with Crippen LogP contribution in [0.5, 0.6) is 0 Å². The van der Waals surface area contributed by atoms with Gasteiger partial charge >= 0.3 is 0 Å². The zero-order valence-electron chi connectivity index (χ0n) is 12.0. The highest BCUT2D eigenvalue weighted by atomic mass is 16.2. The summed E-state index contributed by atoms with van der Waals surface area (Å²) in [6, 6.07) is 0.446. The number of nitrogens with zero attached hydrogens (tertiary/aromatic N) is 1. The summed E-state index contributed by atoms with van der Waals surface area (Å²) in [6.45, 7) is 7.64. The number of rotatable bonds is 4. The molecule has 2 aliphatic rings. The van der Waals surface area contributed by atoms with Gasteiger partial charge in [0.25, 0.3) is 0 Å². The van der Waals surface area contributed by atoms with E-state index >= 15 is 0 Å². The van der Waals surface area contributed by atoms with E-state index in [4.69, 9.17) is 0 Å². The average molecular weight is 252 g/mol. The van der Waals surface area contributed by atoms with Gasteiger partial charge < -0.3 is 10.2 Å². The molecular formula is C15H28N2O. The predicted molar refractivity (Wildman–Crippen MR) is 74.5 cm³/mol. The van der Waals surface area contributed by atoms with Crippen LogP contribution in [-0.2, 0) is 4.79 Å². The summed E-state index contributed by atoms with van der Waals surface area (Å²) in [5, 5.41) is 3.42. The summed E-state index contributed by atoms with van der Waals surface area (Å²) in [5.41, 5.74) is 0.516. The molecule has 1 amide bonds. The van der Waals surface area contributed by atoms with Crippen LogP contribution in [-0.4, -0.2) is 36.5 Å². The fourth-order valence-electron chi connectivity index (χ4n) is 3.46. The van der Waals surface area contributed by atoms with Gasteiger partial charge in [-0.1, -0.05) is 26.7 Å². The molecule has 0 aromatic rings. The van der Waals surface area contributed by atoms with Crippen molar-refractivity contribution in [3.8, 4) is 0 Å². The quantitative estimate of drug-likeness (QED) is 0.834. The largest absolute Gasteiger partial charge is 0.343 e. The molecule has 0 aliphatic carbocycles. The van der Waals surface area contributed by atoms with Crippen LogP contribution in [0, 0.1) is 5.41 Å². The van der Waals surface area contributed by atoms with Gasteiger partial charge in [0.05, 0.1) is 0 Å². The topological polar surface area (TPSA) is 32.3 Å². The molecule has 104 valence electrons. The van der Waals surface area contributed by atoms with Gasteiger partial charge in [0, 0.05) is 25.6 Å². The van der Waals surface area contributed by atoms with Crippen LogP contribution in [0.15, 0.2) is 0 Å². The molecule has 0 bridgehead atoms. The van der Waals surface area contributed by atoms with E-state index in [0.29, 0.717) is 23.8 Å². The number of nitrogens with one attached hydrogen (secondary N) is 1. The van der Waals surface area contributed by atoms with E-state index in [1.807, 2.05) is 0 Å². The first-order chi connectivity index (χ1) is 8.69. The number of piperidine rings is 1. The Labute approximate surface area is 111 Å². The summed E-state index contributed by atoms with van der Waals surface area (Å²) in [5.74, 6) is 0.371. The number of hydrogen-bond donors (Lipinski definition) is 1. The van der Waals surface area contributed by atoms with Gasteiger partial charge in [-0.05, 0) is 37.6 Å². The molecule has 1 atom stereocenters. The number of carbonyl (C=O) groups is 1. The van der Waals surface area contributed by atoms with Crippen LogP contribution in [0.25, 0.3) is 0 Å². The normalized spacial score (nSPS) is 27.4. The lowest BCUT2D eigenvalue weighted by atomic mass is 9.74. The molecule has 2 rings (SSSR count). The van der Waals surface area contributed by atoms with Crippen molar-refractivity contribution in [3.63, 3.8) is 0 Å². The minimum Gasteiger partial charge on any atom is -0.343 e. The van der Waals surface area contributed by atoms with Gasteiger partial charge in [-0.25, -0.2) is 0 Å². The highest BCUT2D eigenvalue weighted by molar-refractivity contribution is 5.77. The lowest BCUT2D eigenvalue weighted by molar-refractivity contribution is -0.134. The Morgan fingerprint density at radius 2 is 1.94 bits per heavy atom. The zero-order chi connectivity index (χ0) is 13.0. The zero-order valence-corrected chi connectivity index (χ0v) is 12.0. The SMILES string of the molecule is CCC1(CC)CCN(C(=O)CC2CCCN2)CC1. The lowest BCUT2D eigenvalue weighted by Crippen LogP contribution is -2.44. The third kappa shape index (κ3) is 3.05. The van der Waals surface area contributed by atoms with E-state index < -0.39 is 0 Å². The standard InChI is InChI=1S/C15H28N2O/c1-3-15(4-2)7-10-17(11-8-15)14(18)12-13-6-5-9-16-13/h13,16H,3-12H2,1-2H3. The first kappa shape index (κ1) is 13.9. The molecular weight excluding hydrogens is 224 g/mol. The second-order valence-electron chi connectivity index (χ2n) is 6.09. The van der Waals surface area contributed by atoms with E-state index in [-0.39, 0.29) is 0 Å². The minimum absolute atomic E-state index is 0.371. The minimum atomic E-state index is 0.371. The molecule has 18 heavy (non-hydrogen) atoms. The van der Waals surface area contributed by atoms with Crippen LogP contribution in [0.4, 0.5) is 0 Å². The first-order valence-corrected chi connectivity index (χ1v) is 7.70. The Kier molecular flexibility index (Phi) is 4.66. The summed E-state index contributed by atoms with van der Waals surface area (Å²) in [7, 11) is 0. The van der Waals surface area contributed by atoms with Crippen LogP contribution in [0.1, 0.15) is 58.8 Å². The molecule has 2 heterocycles. The molecule has 0 aromatic heterocycles. The average Bonchev–Trinajstić information content (AvgIpc) is 2.91. The Bertz CT molecular complexity index is 270. The second-order valence-corrected chi connectivity index (χ2v) is 6.09. The molecule has 3 heteroatoms. The fraction of sp³-hybridized carbons (Fsp3) is 0.933. The van der Waals surface area contributed by atoms with Crippen molar-refractivity contribution in [1.29, 1.82) is 0 Å². The van der Waals surface area contributed by atoms with Gasteiger partial charge in [0.1, 0.15) is 0 Å². The van der Waals surface area contributed by atoms with Crippen molar-refractivity contribution in [3.05, 3.63) is 0 Å². The fourth-order valence-corrected chi connectivity index (χ4v) is 3.46. The van der Waals surface area contributed by atoms with Crippen molar-refractivity contribution in [2.45, 2.75) is 64.8 Å². The summed E-state index contributed by atoms with van der Waals surface area (Å²) in [4.78, 5) is 14.3. The van der Waals surface area contributed by atoms with Gasteiger partial charge in [-0.15, -0.1) is 0 Å². The Hall–Kier alpha value is -0.570. The van der Waals surface area contributed by atoms with E-state index in [1.54, 1.807) is 0 Å². The molecule has 2 fully saturated rings. The molecule has 0 saturated carbocycles. The molecule has 2 aliphatic heterocycles. The van der Waals surface area contributed by atoms with Gasteiger partial charge in [0.15, 0.2) is 0 Å². The summed E-state index contributed by atoms with van der Waals surface area (Å²) >= 11 is 0. The van der Waals surface area contributed by atoms with Gasteiger partial charge in [0.2, 0.25) is 5.91 Å². The van der Waals surface area contributed by atoms with E-state index in [0.717, 1.165) is 19.6 Å². The first-order valence-electron chi connectivity index (χ1n) is 7.70. The summed E-state index contributed by atoms with van der Waals surface area (Å²) in [6.07, 6.45) is 8.03. The Morgan fingerprint density at radius 3 is 2.44 bits per heavy atom. The van der Waals surface area contributed by atoms with Crippen molar-refractivity contribution >= 4 is 5.91 Å². The second kappa shape index (κ2) is 6.05. The smallest absolute Gasteiger partial charge is 0.224 e. The lowest BCUT2D eigenvalue weighted by Gasteiger charge is -2.41. The maximum absolute atomic E-state index is 12.2. The summed E-state index contributed by atoms with van der Waals surface area (Å²) < 4.78 is 0. The number of carbonyl (C=O) groups excluding carboxylic acids is 1. The third-order valence-electron chi connectivity index (χ3n) is 5.26. The molecule has 1 N–H and O–H groups in total. The number of likely N-dealkylation sites (tertiary alicyclic amines) is 1. The van der Waals surface area contributed by atoms with E-state index in [1.165, 1.54) is 38.5 Å². The van der Waals surface area contributed by atoms with Gasteiger partial charge in [-0.2, -0.15) is 0 Å². The van der Waals surface area contributed by atoms with Gasteiger partial charge in [-0.3, -0.25) is 4.79 Å².